The first-order valence-corrected chi connectivity index (χ1v) is 11.4. The van der Waals surface area contributed by atoms with E-state index in [1.54, 1.807) is 4.90 Å². The van der Waals surface area contributed by atoms with E-state index in [1.807, 2.05) is 14.1 Å². The summed E-state index contributed by atoms with van der Waals surface area (Å²) in [4.78, 5) is 29.0. The van der Waals surface area contributed by atoms with E-state index in [0.717, 1.165) is 38.6 Å². The Bertz CT molecular complexity index is 675. The number of rotatable bonds is 11. The maximum Gasteiger partial charge on any atom is 0.286 e. The van der Waals surface area contributed by atoms with Crippen LogP contribution in [0.4, 0.5) is 0 Å². The van der Waals surface area contributed by atoms with Crippen LogP contribution in [-0.2, 0) is 4.79 Å². The highest BCUT2D eigenvalue weighted by molar-refractivity contribution is 8.00. The summed E-state index contributed by atoms with van der Waals surface area (Å²) in [5, 5.41) is 8.50. The van der Waals surface area contributed by atoms with Crippen molar-refractivity contribution in [3.05, 3.63) is 5.89 Å². The molecule has 30 heavy (non-hydrogen) atoms. The SMILES string of the molecule is CC(C)CC(C(=O)c1nnc(SC(C)(C)CN(C)C)o1)N(C=O)C1CCCCC1.Cl. The van der Waals surface area contributed by atoms with Crippen LogP contribution >= 0.6 is 24.2 Å². The van der Waals surface area contributed by atoms with Crippen molar-refractivity contribution in [2.75, 3.05) is 20.6 Å². The highest BCUT2D eigenvalue weighted by atomic mass is 35.5. The van der Waals surface area contributed by atoms with Gasteiger partial charge >= 0.3 is 0 Å². The predicted molar refractivity (Wildman–Crippen MR) is 122 cm³/mol. The molecule has 7 nitrogen and oxygen atoms in total. The summed E-state index contributed by atoms with van der Waals surface area (Å²) < 4.78 is 5.60. The third-order valence-electron chi connectivity index (χ3n) is 5.15. The number of carbonyl (C=O) groups is 2. The molecule has 0 aromatic carbocycles. The minimum atomic E-state index is -0.552. The van der Waals surface area contributed by atoms with Crippen molar-refractivity contribution in [2.24, 2.45) is 5.92 Å². The van der Waals surface area contributed by atoms with Crippen molar-refractivity contribution in [2.45, 2.75) is 88.3 Å². The quantitative estimate of drug-likeness (QED) is 0.276. The molecule has 172 valence electrons. The third-order valence-corrected chi connectivity index (χ3v) is 6.17. The molecule has 9 heteroatoms. The van der Waals surface area contributed by atoms with Crippen LogP contribution < -0.4 is 0 Å². The van der Waals surface area contributed by atoms with Gasteiger partial charge in [-0.1, -0.05) is 44.9 Å². The van der Waals surface area contributed by atoms with E-state index in [2.05, 4.69) is 42.8 Å². The van der Waals surface area contributed by atoms with Gasteiger partial charge in [0.2, 0.25) is 12.2 Å². The first-order valence-electron chi connectivity index (χ1n) is 10.6. The van der Waals surface area contributed by atoms with Gasteiger partial charge in [-0.05, 0) is 53.1 Å². The molecule has 0 radical (unpaired) electrons. The lowest BCUT2D eigenvalue weighted by Crippen LogP contribution is -2.48. The molecule has 1 aromatic heterocycles. The number of Topliss-reactive ketones (excluding diaryl/α,β-unsaturated/α-hetero) is 1. The number of nitrogens with zero attached hydrogens (tertiary/aromatic N) is 4. The summed E-state index contributed by atoms with van der Waals surface area (Å²) in [6.07, 6.45) is 6.71. The van der Waals surface area contributed by atoms with Gasteiger partial charge in [-0.2, -0.15) is 0 Å². The minimum absolute atomic E-state index is 0. The first kappa shape index (κ1) is 26.9. The van der Waals surface area contributed by atoms with Gasteiger partial charge in [0.15, 0.2) is 0 Å². The smallest absolute Gasteiger partial charge is 0.286 e. The van der Waals surface area contributed by atoms with Gasteiger partial charge in [-0.25, -0.2) is 0 Å². The zero-order valence-corrected chi connectivity index (χ0v) is 20.7. The average molecular weight is 461 g/mol. The van der Waals surface area contributed by atoms with Crippen LogP contribution in [0.1, 0.15) is 76.9 Å². The second kappa shape index (κ2) is 12.1. The molecule has 0 bridgehead atoms. The average Bonchev–Trinajstić information content (AvgIpc) is 3.08. The largest absolute Gasteiger partial charge is 0.408 e. The Labute approximate surface area is 191 Å². The number of carbonyl (C=O) groups excluding carboxylic acids is 2. The monoisotopic (exact) mass is 460 g/mol. The van der Waals surface area contributed by atoms with Gasteiger partial charge < -0.3 is 14.2 Å². The van der Waals surface area contributed by atoms with E-state index in [9.17, 15) is 9.59 Å². The third kappa shape index (κ3) is 7.85. The molecule has 1 fully saturated rings. The Morgan fingerprint density at radius 1 is 1.23 bits per heavy atom. The number of ketones is 1. The molecule has 0 aliphatic heterocycles. The fraction of sp³-hybridized carbons (Fsp3) is 0.810. The zero-order chi connectivity index (χ0) is 21.6. The van der Waals surface area contributed by atoms with Gasteiger partial charge in [0, 0.05) is 17.3 Å². The molecule has 1 saturated carbocycles. The molecule has 0 N–H and O–H groups in total. The van der Waals surface area contributed by atoms with Gasteiger partial charge in [-0.15, -0.1) is 22.6 Å². The minimum Gasteiger partial charge on any atom is -0.408 e. The van der Waals surface area contributed by atoms with Crippen molar-refractivity contribution >= 4 is 36.4 Å². The number of amides is 1. The van der Waals surface area contributed by atoms with E-state index in [0.29, 0.717) is 11.6 Å². The van der Waals surface area contributed by atoms with E-state index in [1.165, 1.54) is 18.2 Å². The fourth-order valence-corrected chi connectivity index (χ4v) is 5.12. The molecule has 2 rings (SSSR count). The lowest BCUT2D eigenvalue weighted by atomic mass is 9.91. The van der Waals surface area contributed by atoms with Crippen molar-refractivity contribution in [3.8, 4) is 0 Å². The van der Waals surface area contributed by atoms with Gasteiger partial charge in [0.25, 0.3) is 11.1 Å². The summed E-state index contributed by atoms with van der Waals surface area (Å²) in [5.74, 6) is 0.0217. The van der Waals surface area contributed by atoms with Crippen LogP contribution in [0.15, 0.2) is 9.64 Å². The molecule has 0 saturated heterocycles. The molecule has 1 amide bonds. The standard InChI is InChI=1S/C21H36N4O3S.ClH/c1-15(2)12-17(25(14-26)16-10-8-7-9-11-16)18(27)19-22-23-20(28-19)29-21(3,4)13-24(5)6;/h14-17H,7-13H2,1-6H3;1H. The first-order chi connectivity index (χ1) is 13.6. The second-order valence-electron chi connectivity index (χ2n) is 9.33. The topological polar surface area (TPSA) is 79.5 Å². The van der Waals surface area contributed by atoms with Crippen LogP contribution in [0.5, 0.6) is 0 Å². The Kier molecular flexibility index (Phi) is 10.8. The molecular weight excluding hydrogens is 424 g/mol. The van der Waals surface area contributed by atoms with Gasteiger partial charge in [0.1, 0.15) is 6.04 Å². The van der Waals surface area contributed by atoms with Crippen LogP contribution in [-0.4, -0.2) is 69.7 Å². The number of thioether (sulfide) groups is 1. The van der Waals surface area contributed by atoms with Gasteiger partial charge in [-0.3, -0.25) is 9.59 Å². The maximum absolute atomic E-state index is 13.3. The summed E-state index contributed by atoms with van der Waals surface area (Å²) in [6, 6.07) is -0.437. The van der Waals surface area contributed by atoms with Crippen molar-refractivity contribution in [1.29, 1.82) is 0 Å². The molecule has 1 atom stereocenters. The lowest BCUT2D eigenvalue weighted by molar-refractivity contribution is -0.122. The Morgan fingerprint density at radius 2 is 1.87 bits per heavy atom. The van der Waals surface area contributed by atoms with Crippen LogP contribution in [0.25, 0.3) is 0 Å². The number of hydrogen-bond acceptors (Lipinski definition) is 7. The molecule has 1 heterocycles. The summed E-state index contributed by atoms with van der Waals surface area (Å²) in [6.45, 7) is 9.15. The van der Waals surface area contributed by atoms with Crippen LogP contribution in [0.3, 0.4) is 0 Å². The molecular formula is C21H37ClN4O3S. The van der Waals surface area contributed by atoms with Gasteiger partial charge in [0.05, 0.1) is 0 Å². The normalized spacial score (nSPS) is 16.4. The Hall–Kier alpha value is -1.12. The van der Waals surface area contributed by atoms with Crippen LogP contribution in [0, 0.1) is 5.92 Å². The highest BCUT2D eigenvalue weighted by Crippen LogP contribution is 2.32. The predicted octanol–water partition coefficient (Wildman–Crippen LogP) is 4.31. The molecule has 1 aromatic rings. The van der Waals surface area contributed by atoms with E-state index >= 15 is 0 Å². The number of aromatic nitrogens is 2. The second-order valence-corrected chi connectivity index (χ2v) is 11.0. The molecule has 1 unspecified atom stereocenters. The Morgan fingerprint density at radius 3 is 2.40 bits per heavy atom. The zero-order valence-electron chi connectivity index (χ0n) is 19.1. The summed E-state index contributed by atoms with van der Waals surface area (Å²) in [5.41, 5.74) is 0. The van der Waals surface area contributed by atoms with E-state index in [-0.39, 0.29) is 40.8 Å². The van der Waals surface area contributed by atoms with E-state index in [4.69, 9.17) is 4.42 Å². The lowest BCUT2D eigenvalue weighted by Gasteiger charge is -2.36. The molecule has 1 aliphatic rings. The van der Waals surface area contributed by atoms with Crippen molar-refractivity contribution in [1.82, 2.24) is 20.0 Å². The fourth-order valence-electron chi connectivity index (χ4n) is 4.13. The maximum atomic E-state index is 13.3. The highest BCUT2D eigenvalue weighted by Gasteiger charge is 2.35. The van der Waals surface area contributed by atoms with Crippen LogP contribution in [0.2, 0.25) is 0 Å². The van der Waals surface area contributed by atoms with E-state index < -0.39 is 6.04 Å². The molecule has 0 spiro atoms. The van der Waals surface area contributed by atoms with Crippen molar-refractivity contribution in [3.63, 3.8) is 0 Å². The molecule has 1 aliphatic carbocycles. The summed E-state index contributed by atoms with van der Waals surface area (Å²) >= 11 is 1.46. The summed E-state index contributed by atoms with van der Waals surface area (Å²) in [7, 11) is 4.03. The van der Waals surface area contributed by atoms with Crippen molar-refractivity contribution < 1.29 is 14.0 Å². The number of halogens is 1. The number of hydrogen-bond donors (Lipinski definition) is 0. The Balaban J connectivity index is 0.00000450.